The first-order chi connectivity index (χ1) is 23.0. The molecule has 13 nitrogen and oxygen atoms in total. The second kappa shape index (κ2) is 16.0. The molecule has 1 amide bonds. The van der Waals surface area contributed by atoms with Crippen molar-refractivity contribution in [1.29, 1.82) is 0 Å². The minimum absolute atomic E-state index is 0.0306. The molecule has 1 aliphatic heterocycles. The van der Waals surface area contributed by atoms with Crippen LogP contribution < -0.4 is 10.1 Å². The van der Waals surface area contributed by atoms with Gasteiger partial charge in [0.25, 0.3) is 5.91 Å². The zero-order valence-electron chi connectivity index (χ0n) is 26.0. The highest BCUT2D eigenvalue weighted by molar-refractivity contribution is 6.01. The lowest BCUT2D eigenvalue weighted by Crippen LogP contribution is -2.53. The summed E-state index contributed by atoms with van der Waals surface area (Å²) in [7, 11) is 0. The summed E-state index contributed by atoms with van der Waals surface area (Å²) < 4.78 is 12.4. The molecule has 3 aromatic rings. The molecule has 0 unspecified atom stereocenters. The summed E-state index contributed by atoms with van der Waals surface area (Å²) in [5.74, 6) is 0.546. The first-order valence-electron chi connectivity index (χ1n) is 15.7. The van der Waals surface area contributed by atoms with Gasteiger partial charge in [-0.1, -0.05) is 58.8 Å². The molecule has 1 aliphatic carbocycles. The average Bonchev–Trinajstić information content (AvgIpc) is 3.48. The summed E-state index contributed by atoms with van der Waals surface area (Å²) in [6, 6.07) is 21.9. The van der Waals surface area contributed by atoms with Gasteiger partial charge in [-0.15, -0.1) is 0 Å². The first kappa shape index (κ1) is 33.3. The zero-order valence-corrected chi connectivity index (χ0v) is 26.0. The standard InChI is InChI=1S/C34H38N8O5/c35-41-37-21-25-7-2-1-6-24(25)20-34(33(45)39-27-12-14-28(44)15-13-27)31(30-9-4-3-8-26(30)22-38-42-36)47-32(40-34)23-10-16-29(17-11-23)46-19-5-18-43/h1-4,6-11,16-17,27-28,31,43-44H,5,12-15,18-22H2,(H,39,45)/t27?,28?,31-,34-/m1/s1. The van der Waals surface area contributed by atoms with E-state index in [-0.39, 0.29) is 50.1 Å². The number of hydrogen-bond donors (Lipinski definition) is 3. The van der Waals surface area contributed by atoms with Crippen LogP contribution in [0, 0.1) is 0 Å². The van der Waals surface area contributed by atoms with Gasteiger partial charge in [-0.3, -0.25) is 4.79 Å². The van der Waals surface area contributed by atoms with Crippen molar-refractivity contribution in [2.75, 3.05) is 13.2 Å². The summed E-state index contributed by atoms with van der Waals surface area (Å²) in [5, 5.41) is 30.0. The van der Waals surface area contributed by atoms with Crippen LogP contribution in [0.25, 0.3) is 20.9 Å². The fraction of sp³-hybridized carbons (Fsp3) is 0.412. The van der Waals surface area contributed by atoms with E-state index in [9.17, 15) is 9.90 Å². The predicted octanol–water partition coefficient (Wildman–Crippen LogP) is 5.99. The molecule has 1 fully saturated rings. The van der Waals surface area contributed by atoms with Crippen LogP contribution in [0.15, 0.2) is 88.0 Å². The molecule has 0 spiro atoms. The number of benzene rings is 3. The van der Waals surface area contributed by atoms with Crippen molar-refractivity contribution in [2.24, 2.45) is 15.2 Å². The maximum absolute atomic E-state index is 14.8. The van der Waals surface area contributed by atoms with E-state index in [0.717, 1.165) is 11.1 Å². The van der Waals surface area contributed by atoms with Crippen LogP contribution in [0.4, 0.5) is 0 Å². The third kappa shape index (κ3) is 8.03. The molecule has 47 heavy (non-hydrogen) atoms. The van der Waals surface area contributed by atoms with Gasteiger partial charge < -0.3 is 25.0 Å². The number of hydrogen-bond acceptors (Lipinski definition) is 8. The van der Waals surface area contributed by atoms with Gasteiger partial charge in [0.15, 0.2) is 11.6 Å². The molecule has 1 heterocycles. The van der Waals surface area contributed by atoms with Gasteiger partial charge in [0.1, 0.15) is 5.75 Å². The Balaban J connectivity index is 1.63. The number of aliphatic hydroxyl groups excluding tert-OH is 2. The van der Waals surface area contributed by atoms with E-state index in [2.05, 4.69) is 25.4 Å². The Hall–Kier alpha value is -5.06. The number of aliphatic hydroxyl groups is 2. The van der Waals surface area contributed by atoms with E-state index in [0.29, 0.717) is 61.2 Å². The van der Waals surface area contributed by atoms with Crippen LogP contribution in [0.5, 0.6) is 5.75 Å². The predicted molar refractivity (Wildman–Crippen MR) is 175 cm³/mol. The second-order valence-electron chi connectivity index (χ2n) is 11.7. The summed E-state index contributed by atoms with van der Waals surface area (Å²) >= 11 is 0. The van der Waals surface area contributed by atoms with Crippen molar-refractivity contribution in [3.8, 4) is 5.75 Å². The Kier molecular flexibility index (Phi) is 11.3. The Morgan fingerprint density at radius 3 is 2.26 bits per heavy atom. The number of carbonyl (C=O) groups is 1. The highest BCUT2D eigenvalue weighted by atomic mass is 16.5. The average molecular weight is 639 g/mol. The zero-order chi connectivity index (χ0) is 33.1. The van der Waals surface area contributed by atoms with Crippen molar-refractivity contribution in [3.63, 3.8) is 0 Å². The summed E-state index contributed by atoms with van der Waals surface area (Å²) in [6.45, 7) is 0.544. The Morgan fingerprint density at radius 1 is 0.936 bits per heavy atom. The Morgan fingerprint density at radius 2 is 1.57 bits per heavy atom. The van der Waals surface area contributed by atoms with Crippen LogP contribution in [-0.4, -0.2) is 52.9 Å². The van der Waals surface area contributed by atoms with Crippen LogP contribution in [0.3, 0.4) is 0 Å². The lowest BCUT2D eigenvalue weighted by atomic mass is 9.79. The summed E-state index contributed by atoms with van der Waals surface area (Å²) in [4.78, 5) is 25.8. The molecule has 13 heteroatoms. The molecule has 244 valence electrons. The minimum Gasteiger partial charge on any atom is -0.494 e. The molecule has 0 aromatic heterocycles. The molecule has 0 radical (unpaired) electrons. The van der Waals surface area contributed by atoms with Crippen molar-refractivity contribution in [2.45, 2.75) is 75.4 Å². The number of nitrogens with one attached hydrogen (secondary N) is 1. The molecule has 0 saturated heterocycles. The monoisotopic (exact) mass is 638 g/mol. The minimum atomic E-state index is -1.51. The Labute approximate surface area is 272 Å². The molecule has 1 saturated carbocycles. The van der Waals surface area contributed by atoms with E-state index < -0.39 is 11.6 Å². The van der Waals surface area contributed by atoms with Gasteiger partial charge in [0, 0.05) is 40.9 Å². The van der Waals surface area contributed by atoms with E-state index >= 15 is 0 Å². The molecule has 5 rings (SSSR count). The van der Waals surface area contributed by atoms with Gasteiger partial charge in [-0.25, -0.2) is 4.99 Å². The molecule has 3 aromatic carbocycles. The topological polar surface area (TPSA) is 198 Å². The van der Waals surface area contributed by atoms with Crippen molar-refractivity contribution >= 4 is 11.8 Å². The smallest absolute Gasteiger partial charge is 0.252 e. The lowest BCUT2D eigenvalue weighted by molar-refractivity contribution is -0.130. The van der Waals surface area contributed by atoms with Crippen molar-refractivity contribution < 1.29 is 24.5 Å². The van der Waals surface area contributed by atoms with Crippen LogP contribution >= 0.6 is 0 Å². The molecule has 2 aliphatic rings. The van der Waals surface area contributed by atoms with Crippen molar-refractivity contribution in [1.82, 2.24) is 5.32 Å². The molecule has 0 bridgehead atoms. The van der Waals surface area contributed by atoms with Gasteiger partial charge in [0.2, 0.25) is 5.90 Å². The molecular formula is C34H38N8O5. The highest BCUT2D eigenvalue weighted by Crippen LogP contribution is 2.44. The molecule has 3 N–H and O–H groups in total. The number of carbonyl (C=O) groups excluding carboxylic acids is 1. The van der Waals surface area contributed by atoms with Gasteiger partial charge in [0.05, 0.1) is 25.8 Å². The Bertz CT molecular complexity index is 1660. The van der Waals surface area contributed by atoms with E-state index in [1.165, 1.54) is 0 Å². The number of amides is 1. The summed E-state index contributed by atoms with van der Waals surface area (Å²) in [5.41, 5.74) is 20.2. The maximum Gasteiger partial charge on any atom is 0.252 e. The van der Waals surface area contributed by atoms with E-state index in [1.807, 2.05) is 60.7 Å². The van der Waals surface area contributed by atoms with Crippen LogP contribution in [0.2, 0.25) is 0 Å². The number of aliphatic imine (C=N–C) groups is 1. The number of nitrogens with zero attached hydrogens (tertiary/aromatic N) is 7. The molecular weight excluding hydrogens is 600 g/mol. The SMILES string of the molecule is [N-]=[N+]=NCc1ccccc1C[C@@]1(C(=O)NC2CCC(O)CC2)N=C(c2ccc(OCCCO)cc2)O[C@@H]1c1ccccc1CN=[N+]=[N-]. The number of rotatable bonds is 14. The number of ether oxygens (including phenoxy) is 2. The third-order valence-electron chi connectivity index (χ3n) is 8.59. The fourth-order valence-corrected chi connectivity index (χ4v) is 6.11. The third-order valence-corrected chi connectivity index (χ3v) is 8.59. The van der Waals surface area contributed by atoms with Gasteiger partial charge >= 0.3 is 0 Å². The normalized spacial score (nSPS) is 21.8. The first-order valence-corrected chi connectivity index (χ1v) is 15.7. The number of azide groups is 2. The van der Waals surface area contributed by atoms with E-state index in [4.69, 9.17) is 30.6 Å². The van der Waals surface area contributed by atoms with E-state index in [1.54, 1.807) is 12.1 Å². The summed E-state index contributed by atoms with van der Waals surface area (Å²) in [6.07, 6.45) is 1.76. The molecule has 2 atom stereocenters. The van der Waals surface area contributed by atoms with Crippen LogP contribution in [-0.2, 0) is 29.0 Å². The van der Waals surface area contributed by atoms with Crippen molar-refractivity contribution in [3.05, 3.63) is 121 Å². The fourth-order valence-electron chi connectivity index (χ4n) is 6.11. The second-order valence-corrected chi connectivity index (χ2v) is 11.7. The van der Waals surface area contributed by atoms with Crippen LogP contribution in [0.1, 0.15) is 66.0 Å². The lowest BCUT2D eigenvalue weighted by Gasteiger charge is -2.35. The maximum atomic E-state index is 14.8. The quantitative estimate of drug-likeness (QED) is 0.0842. The highest BCUT2D eigenvalue weighted by Gasteiger charge is 2.54. The largest absolute Gasteiger partial charge is 0.494 e. The van der Waals surface area contributed by atoms with Gasteiger partial charge in [-0.05, 0) is 83.3 Å². The van der Waals surface area contributed by atoms with Gasteiger partial charge in [-0.2, -0.15) is 0 Å².